The van der Waals surface area contributed by atoms with E-state index >= 15 is 0 Å². The lowest BCUT2D eigenvalue weighted by atomic mass is 10.1. The molecule has 0 unspecified atom stereocenters. The topological polar surface area (TPSA) is 123 Å². The number of aryl methyl sites for hydroxylation is 2. The Balaban J connectivity index is 1.70. The molecule has 2 aromatic carbocycles. The molecule has 0 radical (unpaired) electrons. The number of nitriles is 1. The largest absolute Gasteiger partial charge is 0.359 e. The molecule has 37 heavy (non-hydrogen) atoms. The Bertz CT molecular complexity index is 1850. The van der Waals surface area contributed by atoms with Crippen molar-refractivity contribution < 1.29 is 0 Å². The Morgan fingerprint density at radius 2 is 1.89 bits per heavy atom. The second kappa shape index (κ2) is 9.54. The molecule has 0 bridgehead atoms. The van der Waals surface area contributed by atoms with E-state index in [4.69, 9.17) is 23.2 Å². The van der Waals surface area contributed by atoms with E-state index in [9.17, 15) is 14.9 Å². The van der Waals surface area contributed by atoms with Gasteiger partial charge in [-0.25, -0.2) is 14.2 Å². The van der Waals surface area contributed by atoms with Crippen LogP contribution in [0.15, 0.2) is 64.6 Å². The summed E-state index contributed by atoms with van der Waals surface area (Å²) in [5, 5.41) is 18.2. The number of benzene rings is 2. The second-order valence-corrected chi connectivity index (χ2v) is 9.26. The van der Waals surface area contributed by atoms with Crippen LogP contribution in [-0.4, -0.2) is 28.9 Å². The summed E-state index contributed by atoms with van der Waals surface area (Å²) in [4.78, 5) is 35.1. The molecule has 0 saturated heterocycles. The summed E-state index contributed by atoms with van der Waals surface area (Å²) in [7, 11) is 1.79. The number of hydrogen-bond acceptors (Lipinski definition) is 7. The predicted molar refractivity (Wildman–Crippen MR) is 141 cm³/mol. The van der Waals surface area contributed by atoms with Crippen LogP contribution in [0.25, 0.3) is 16.6 Å². The van der Waals surface area contributed by atoms with Crippen LogP contribution in [0.5, 0.6) is 0 Å². The van der Waals surface area contributed by atoms with Crippen molar-refractivity contribution in [3.8, 4) is 11.8 Å². The van der Waals surface area contributed by atoms with Gasteiger partial charge < -0.3 is 5.32 Å². The summed E-state index contributed by atoms with van der Waals surface area (Å²) in [5.74, 6) is -0.0320. The predicted octanol–water partition coefficient (Wildman–Crippen LogP) is 3.95. The van der Waals surface area contributed by atoms with Gasteiger partial charge in [-0.05, 0) is 54.4 Å². The van der Waals surface area contributed by atoms with Gasteiger partial charge in [-0.3, -0.25) is 14.2 Å². The number of rotatable bonds is 5. The number of fused-ring (bicyclic) bond motifs is 1. The van der Waals surface area contributed by atoms with Crippen LogP contribution in [0.4, 0.5) is 11.6 Å². The smallest absolute Gasteiger partial charge is 0.324 e. The van der Waals surface area contributed by atoms with Gasteiger partial charge in [0.2, 0.25) is 5.95 Å². The van der Waals surface area contributed by atoms with Crippen LogP contribution in [0.1, 0.15) is 16.7 Å². The molecule has 0 fully saturated rings. The normalized spacial score (nSPS) is 11.0. The fraction of sp³-hybridized carbons (Fsp3) is 0.120. The van der Waals surface area contributed by atoms with Crippen molar-refractivity contribution in [1.29, 1.82) is 5.26 Å². The van der Waals surface area contributed by atoms with Crippen LogP contribution in [-0.2, 0) is 13.6 Å². The van der Waals surface area contributed by atoms with E-state index in [-0.39, 0.29) is 18.2 Å². The van der Waals surface area contributed by atoms with Crippen molar-refractivity contribution in [2.75, 3.05) is 5.32 Å². The van der Waals surface area contributed by atoms with Gasteiger partial charge >= 0.3 is 11.4 Å². The number of nitrogens with one attached hydrogen (secondary N) is 1. The quantitative estimate of drug-likeness (QED) is 0.363. The highest BCUT2D eigenvalue weighted by Crippen LogP contribution is 2.29. The Hall–Kier alpha value is -4.46. The van der Waals surface area contributed by atoms with Gasteiger partial charge in [0.05, 0.1) is 46.3 Å². The maximum absolute atomic E-state index is 13.7. The molecule has 0 saturated carbocycles. The van der Waals surface area contributed by atoms with Crippen molar-refractivity contribution in [2.45, 2.75) is 13.5 Å². The third-order valence-corrected chi connectivity index (χ3v) is 6.10. The number of aromatic nitrogens is 6. The van der Waals surface area contributed by atoms with E-state index in [0.29, 0.717) is 32.4 Å². The molecule has 1 N–H and O–H groups in total. The maximum atomic E-state index is 13.7. The minimum atomic E-state index is -0.793. The minimum Gasteiger partial charge on any atom is -0.324 e. The van der Waals surface area contributed by atoms with E-state index in [1.807, 2.05) is 6.20 Å². The highest BCUT2D eigenvalue weighted by atomic mass is 35.5. The van der Waals surface area contributed by atoms with Gasteiger partial charge in [0.1, 0.15) is 0 Å². The molecular formula is C25H18Cl2N8O2. The van der Waals surface area contributed by atoms with E-state index < -0.39 is 11.4 Å². The lowest BCUT2D eigenvalue weighted by molar-refractivity contribution is 0.657. The zero-order valence-electron chi connectivity index (χ0n) is 19.6. The lowest BCUT2D eigenvalue weighted by Gasteiger charge is -2.16. The fourth-order valence-corrected chi connectivity index (χ4v) is 4.45. The molecule has 3 aromatic heterocycles. The SMILES string of the molecule is Cc1cncc(-n2c(=O)nc(Nc3cc4cn(C)nc4cc3Cl)n(Cc3cc(Cl)cc(C#N)c3)c2=O)c1. The van der Waals surface area contributed by atoms with Crippen molar-refractivity contribution >= 4 is 45.7 Å². The van der Waals surface area contributed by atoms with E-state index in [0.717, 1.165) is 15.5 Å². The number of pyridine rings is 1. The van der Waals surface area contributed by atoms with Gasteiger partial charge in [-0.1, -0.05) is 23.2 Å². The summed E-state index contributed by atoms with van der Waals surface area (Å²) >= 11 is 12.7. The molecule has 0 amide bonds. The summed E-state index contributed by atoms with van der Waals surface area (Å²) in [5.41, 5.74) is 1.61. The highest BCUT2D eigenvalue weighted by Gasteiger charge is 2.18. The first-order valence-corrected chi connectivity index (χ1v) is 11.7. The Kier molecular flexibility index (Phi) is 6.25. The molecule has 5 rings (SSSR count). The molecule has 184 valence electrons. The van der Waals surface area contributed by atoms with Crippen molar-refractivity contribution in [3.63, 3.8) is 0 Å². The minimum absolute atomic E-state index is 0.0320. The van der Waals surface area contributed by atoms with E-state index in [1.54, 1.807) is 55.2 Å². The van der Waals surface area contributed by atoms with Crippen molar-refractivity contribution in [2.24, 2.45) is 7.05 Å². The molecular weight excluding hydrogens is 515 g/mol. The molecule has 12 heteroatoms. The second-order valence-electron chi connectivity index (χ2n) is 8.42. The Morgan fingerprint density at radius 1 is 1.08 bits per heavy atom. The van der Waals surface area contributed by atoms with Gasteiger partial charge in [0, 0.05) is 29.9 Å². The zero-order chi connectivity index (χ0) is 26.3. The summed E-state index contributed by atoms with van der Waals surface area (Å²) in [6, 6.07) is 11.9. The van der Waals surface area contributed by atoms with Gasteiger partial charge in [0.25, 0.3) is 0 Å². The third kappa shape index (κ3) is 4.82. The maximum Gasteiger partial charge on any atom is 0.359 e. The highest BCUT2D eigenvalue weighted by molar-refractivity contribution is 6.34. The lowest BCUT2D eigenvalue weighted by Crippen LogP contribution is -2.41. The fourth-order valence-electron chi connectivity index (χ4n) is 3.99. The number of nitrogens with zero attached hydrogens (tertiary/aromatic N) is 7. The van der Waals surface area contributed by atoms with E-state index in [1.165, 1.54) is 16.8 Å². The van der Waals surface area contributed by atoms with Crippen LogP contribution < -0.4 is 16.7 Å². The first kappa shape index (κ1) is 24.2. The van der Waals surface area contributed by atoms with Crippen molar-refractivity contribution in [1.82, 2.24) is 28.9 Å². The molecule has 0 spiro atoms. The number of hydrogen-bond donors (Lipinski definition) is 1. The van der Waals surface area contributed by atoms with Gasteiger partial charge in [0.15, 0.2) is 0 Å². The zero-order valence-corrected chi connectivity index (χ0v) is 21.1. The average Bonchev–Trinajstić information content (AvgIpc) is 3.20. The molecule has 0 aliphatic heterocycles. The molecule has 0 aliphatic rings. The van der Waals surface area contributed by atoms with Crippen LogP contribution >= 0.6 is 23.2 Å². The Morgan fingerprint density at radius 3 is 2.65 bits per heavy atom. The third-order valence-electron chi connectivity index (χ3n) is 5.57. The van der Waals surface area contributed by atoms with Crippen LogP contribution in [0.2, 0.25) is 10.0 Å². The average molecular weight is 533 g/mol. The standard InChI is InChI=1S/C25H18Cl2N8O2/c1-14-3-19(11-29-10-14)35-24(36)31-23(30-22-7-17-13-33(2)32-21(17)8-20(22)27)34(25(35)37)12-16-4-15(9-28)5-18(26)6-16/h3-8,10-11,13H,12H2,1-2H3,(H,30,31,36). The van der Waals surface area contributed by atoms with E-state index in [2.05, 4.69) is 26.5 Å². The monoisotopic (exact) mass is 532 g/mol. The molecule has 3 heterocycles. The summed E-state index contributed by atoms with van der Waals surface area (Å²) in [6.07, 6.45) is 4.84. The first-order valence-electron chi connectivity index (χ1n) is 11.0. The van der Waals surface area contributed by atoms with Crippen molar-refractivity contribution in [3.05, 3.63) is 103 Å². The molecule has 10 nitrogen and oxygen atoms in total. The summed E-state index contributed by atoms with van der Waals surface area (Å²) in [6.45, 7) is 1.77. The number of anilines is 2. The molecule has 0 atom stereocenters. The molecule has 0 aliphatic carbocycles. The first-order chi connectivity index (χ1) is 17.7. The van der Waals surface area contributed by atoms with Gasteiger partial charge in [-0.15, -0.1) is 0 Å². The Labute approximate surface area is 220 Å². The number of halogens is 2. The van der Waals surface area contributed by atoms with Crippen LogP contribution in [0.3, 0.4) is 0 Å². The summed E-state index contributed by atoms with van der Waals surface area (Å²) < 4.78 is 3.87. The molecule has 5 aromatic rings. The van der Waals surface area contributed by atoms with Gasteiger partial charge in [-0.2, -0.15) is 15.3 Å². The van der Waals surface area contributed by atoms with Crippen LogP contribution in [0, 0.1) is 18.3 Å².